The molecular weight excluding hydrogens is 304 g/mol. The quantitative estimate of drug-likeness (QED) is 0.848. The van der Waals surface area contributed by atoms with Crippen LogP contribution in [0.25, 0.3) is 0 Å². The maximum absolute atomic E-state index is 11.2. The van der Waals surface area contributed by atoms with Gasteiger partial charge in [0.15, 0.2) is 0 Å². The van der Waals surface area contributed by atoms with E-state index in [-0.39, 0.29) is 6.04 Å². The molecule has 2 N–H and O–H groups in total. The van der Waals surface area contributed by atoms with Crippen LogP contribution in [0.3, 0.4) is 0 Å². The van der Waals surface area contributed by atoms with E-state index in [4.69, 9.17) is 0 Å². The maximum atomic E-state index is 11.2. The van der Waals surface area contributed by atoms with Crippen molar-refractivity contribution >= 4 is 32.7 Å². The lowest BCUT2D eigenvalue weighted by Gasteiger charge is -2.14. The molecule has 1 heterocycles. The Hall–Kier alpha value is -1.53. The number of nitrogens with one attached hydrogen (secondary N) is 2. The molecule has 2 aromatic rings. The molecule has 21 heavy (non-hydrogen) atoms. The van der Waals surface area contributed by atoms with Gasteiger partial charge in [-0.05, 0) is 49.7 Å². The summed E-state index contributed by atoms with van der Waals surface area (Å²) in [5.74, 6) is 0. The SMILES string of the molecule is CCc1ccc(C(C)Nc2ccc(NS(C)(=O)=O)cc2)s1. The highest BCUT2D eigenvalue weighted by molar-refractivity contribution is 7.92. The summed E-state index contributed by atoms with van der Waals surface area (Å²) in [6.45, 7) is 4.27. The summed E-state index contributed by atoms with van der Waals surface area (Å²) in [6.07, 6.45) is 2.20. The van der Waals surface area contributed by atoms with Gasteiger partial charge in [0.25, 0.3) is 0 Å². The third-order valence-corrected chi connectivity index (χ3v) is 5.05. The van der Waals surface area contributed by atoms with E-state index in [0.717, 1.165) is 18.4 Å². The number of aryl methyl sites for hydroxylation is 1. The van der Waals surface area contributed by atoms with Crippen LogP contribution in [0.5, 0.6) is 0 Å². The second kappa shape index (κ2) is 6.49. The van der Waals surface area contributed by atoms with Crippen molar-refractivity contribution < 1.29 is 8.42 Å². The van der Waals surface area contributed by atoms with Crippen LogP contribution in [0.2, 0.25) is 0 Å². The number of sulfonamides is 1. The summed E-state index contributed by atoms with van der Waals surface area (Å²) in [4.78, 5) is 2.68. The van der Waals surface area contributed by atoms with Gasteiger partial charge in [-0.15, -0.1) is 11.3 Å². The lowest BCUT2D eigenvalue weighted by molar-refractivity contribution is 0.607. The van der Waals surface area contributed by atoms with Gasteiger partial charge in [-0.2, -0.15) is 0 Å². The number of hydrogen-bond acceptors (Lipinski definition) is 4. The molecule has 0 saturated carbocycles. The van der Waals surface area contributed by atoms with Crippen LogP contribution in [-0.4, -0.2) is 14.7 Å². The summed E-state index contributed by atoms with van der Waals surface area (Å²) in [5, 5.41) is 3.42. The molecule has 1 aromatic heterocycles. The molecule has 114 valence electrons. The minimum Gasteiger partial charge on any atom is -0.378 e. The first-order valence-electron chi connectivity index (χ1n) is 6.80. The smallest absolute Gasteiger partial charge is 0.229 e. The highest BCUT2D eigenvalue weighted by Gasteiger charge is 2.08. The largest absolute Gasteiger partial charge is 0.378 e. The molecule has 0 amide bonds. The molecule has 0 aliphatic heterocycles. The van der Waals surface area contributed by atoms with E-state index in [1.807, 2.05) is 23.5 Å². The van der Waals surface area contributed by atoms with Gasteiger partial charge in [0.1, 0.15) is 0 Å². The van der Waals surface area contributed by atoms with Crippen LogP contribution in [-0.2, 0) is 16.4 Å². The Bertz CT molecular complexity index is 691. The average molecular weight is 324 g/mol. The molecule has 6 heteroatoms. The number of rotatable bonds is 6. The topological polar surface area (TPSA) is 58.2 Å². The van der Waals surface area contributed by atoms with E-state index in [1.165, 1.54) is 9.75 Å². The Labute approximate surface area is 130 Å². The Morgan fingerprint density at radius 3 is 2.24 bits per heavy atom. The standard InChI is InChI=1S/C15H20N2O2S2/c1-4-14-9-10-15(20-14)11(2)16-12-5-7-13(8-6-12)17-21(3,18)19/h5-11,16-17H,4H2,1-3H3. The predicted molar refractivity (Wildman–Crippen MR) is 90.6 cm³/mol. The predicted octanol–water partition coefficient (Wildman–Crippen LogP) is 3.86. The minimum atomic E-state index is -3.22. The number of thiophene rings is 1. The molecule has 1 aromatic carbocycles. The van der Waals surface area contributed by atoms with Crippen molar-refractivity contribution in [2.45, 2.75) is 26.3 Å². The fourth-order valence-corrected chi connectivity index (χ4v) is 3.51. The van der Waals surface area contributed by atoms with Crippen LogP contribution < -0.4 is 10.0 Å². The first kappa shape index (κ1) is 15.9. The number of anilines is 2. The first-order chi connectivity index (χ1) is 9.87. The van der Waals surface area contributed by atoms with Gasteiger partial charge in [-0.1, -0.05) is 6.92 Å². The molecule has 4 nitrogen and oxygen atoms in total. The zero-order chi connectivity index (χ0) is 15.5. The van der Waals surface area contributed by atoms with E-state index in [1.54, 1.807) is 12.1 Å². The summed E-state index contributed by atoms with van der Waals surface area (Å²) >= 11 is 1.82. The Morgan fingerprint density at radius 1 is 1.10 bits per heavy atom. The van der Waals surface area contributed by atoms with Crippen molar-refractivity contribution in [1.29, 1.82) is 0 Å². The van der Waals surface area contributed by atoms with Gasteiger partial charge in [0.2, 0.25) is 10.0 Å². The number of hydrogen-bond donors (Lipinski definition) is 2. The summed E-state index contributed by atoms with van der Waals surface area (Å²) in [6, 6.07) is 11.8. The van der Waals surface area contributed by atoms with Crippen LogP contribution in [0.1, 0.15) is 29.6 Å². The molecule has 0 bridgehead atoms. The van der Waals surface area contributed by atoms with Crippen LogP contribution in [0.4, 0.5) is 11.4 Å². The molecule has 0 fully saturated rings. The van der Waals surface area contributed by atoms with E-state index in [2.05, 4.69) is 36.0 Å². The highest BCUT2D eigenvalue weighted by atomic mass is 32.2. The number of benzene rings is 1. The van der Waals surface area contributed by atoms with E-state index < -0.39 is 10.0 Å². The summed E-state index contributed by atoms with van der Waals surface area (Å²) in [5.41, 5.74) is 1.54. The van der Waals surface area contributed by atoms with Crippen molar-refractivity contribution in [3.8, 4) is 0 Å². The van der Waals surface area contributed by atoms with E-state index in [9.17, 15) is 8.42 Å². The molecule has 1 atom stereocenters. The lowest BCUT2D eigenvalue weighted by Crippen LogP contribution is -2.09. The second-order valence-electron chi connectivity index (χ2n) is 4.98. The van der Waals surface area contributed by atoms with Gasteiger partial charge in [0, 0.05) is 21.1 Å². The summed E-state index contributed by atoms with van der Waals surface area (Å²) < 4.78 is 24.8. The van der Waals surface area contributed by atoms with E-state index >= 15 is 0 Å². The molecular formula is C15H20N2O2S2. The maximum Gasteiger partial charge on any atom is 0.229 e. The van der Waals surface area contributed by atoms with Crippen molar-refractivity contribution in [3.63, 3.8) is 0 Å². The highest BCUT2D eigenvalue weighted by Crippen LogP contribution is 2.27. The fourth-order valence-electron chi connectivity index (χ4n) is 1.99. The minimum absolute atomic E-state index is 0.226. The Balaban J connectivity index is 2.02. The zero-order valence-corrected chi connectivity index (χ0v) is 14.0. The molecule has 0 aliphatic rings. The monoisotopic (exact) mass is 324 g/mol. The van der Waals surface area contributed by atoms with Crippen molar-refractivity contribution in [2.24, 2.45) is 0 Å². The van der Waals surface area contributed by atoms with Crippen molar-refractivity contribution in [3.05, 3.63) is 46.2 Å². The van der Waals surface area contributed by atoms with Gasteiger partial charge >= 0.3 is 0 Å². The molecule has 1 unspecified atom stereocenters. The lowest BCUT2D eigenvalue weighted by atomic mass is 10.2. The Morgan fingerprint density at radius 2 is 1.71 bits per heavy atom. The fraction of sp³-hybridized carbons (Fsp3) is 0.333. The van der Waals surface area contributed by atoms with E-state index in [0.29, 0.717) is 5.69 Å². The third kappa shape index (κ3) is 4.75. The van der Waals surface area contributed by atoms with Crippen LogP contribution >= 0.6 is 11.3 Å². The van der Waals surface area contributed by atoms with Gasteiger partial charge in [-0.25, -0.2) is 8.42 Å². The van der Waals surface area contributed by atoms with Gasteiger partial charge < -0.3 is 5.32 Å². The van der Waals surface area contributed by atoms with Crippen LogP contribution in [0, 0.1) is 0 Å². The molecule has 2 rings (SSSR count). The Kier molecular flexibility index (Phi) is 4.90. The molecule has 0 spiro atoms. The second-order valence-corrected chi connectivity index (χ2v) is 7.92. The molecule has 0 saturated heterocycles. The van der Waals surface area contributed by atoms with Gasteiger partial charge in [-0.3, -0.25) is 4.72 Å². The average Bonchev–Trinajstić information content (AvgIpc) is 2.88. The first-order valence-corrected chi connectivity index (χ1v) is 9.51. The van der Waals surface area contributed by atoms with Gasteiger partial charge in [0.05, 0.1) is 12.3 Å². The van der Waals surface area contributed by atoms with Crippen molar-refractivity contribution in [2.75, 3.05) is 16.3 Å². The molecule has 0 aliphatic carbocycles. The summed E-state index contributed by atoms with van der Waals surface area (Å²) in [7, 11) is -3.22. The normalized spacial score (nSPS) is 12.9. The molecule has 0 radical (unpaired) electrons. The van der Waals surface area contributed by atoms with Crippen LogP contribution in [0.15, 0.2) is 36.4 Å². The zero-order valence-electron chi connectivity index (χ0n) is 12.4. The van der Waals surface area contributed by atoms with Crippen molar-refractivity contribution in [1.82, 2.24) is 0 Å². The third-order valence-electron chi connectivity index (χ3n) is 3.03.